The molecule has 12 nitrogen and oxygen atoms in total. The highest BCUT2D eigenvalue weighted by molar-refractivity contribution is 9.11. The van der Waals surface area contributed by atoms with E-state index in [2.05, 4.69) is 51.6 Å². The van der Waals surface area contributed by atoms with Crippen LogP contribution in [-0.2, 0) is 9.31 Å². The van der Waals surface area contributed by atoms with Crippen LogP contribution in [0, 0.1) is 85.7 Å². The molecule has 0 spiro atoms. The molecule has 0 aromatic heterocycles. The number of allylic oxidation sites excluding steroid dienone is 3. The summed E-state index contributed by atoms with van der Waals surface area (Å²) in [6.45, 7) is 40.1. The summed E-state index contributed by atoms with van der Waals surface area (Å²) < 4.78 is 79.3. The van der Waals surface area contributed by atoms with Crippen LogP contribution in [-0.4, -0.2) is 18.3 Å². The summed E-state index contributed by atoms with van der Waals surface area (Å²) in [4.78, 5) is 0. The normalized spacial score (nSPS) is 12.4. The first-order chi connectivity index (χ1) is 37.8. The van der Waals surface area contributed by atoms with Gasteiger partial charge in [-0.3, -0.25) is 0 Å². The van der Waals surface area contributed by atoms with Crippen LogP contribution >= 0.6 is 31.9 Å². The van der Waals surface area contributed by atoms with Crippen LogP contribution < -0.4 is 28.7 Å². The van der Waals surface area contributed by atoms with Crippen molar-refractivity contribution < 1.29 is 31.3 Å². The van der Waals surface area contributed by atoms with Crippen molar-refractivity contribution in [3.05, 3.63) is 167 Å². The van der Waals surface area contributed by atoms with Crippen molar-refractivity contribution in [2.75, 3.05) is 28.7 Å². The van der Waals surface area contributed by atoms with E-state index in [4.69, 9.17) is 64.3 Å². The van der Waals surface area contributed by atoms with Gasteiger partial charge in [0, 0.05) is 49.5 Å². The van der Waals surface area contributed by atoms with Crippen LogP contribution in [0.15, 0.2) is 76.6 Å². The van der Waals surface area contributed by atoms with Gasteiger partial charge < -0.3 is 38.0 Å². The standard InChI is InChI=1S/2C13H17FN2.C13H13FN2.C9H17BO2.C7H3Br2FN2.C7H5FN2/c3*1-7(2)10-5-9(6-15)12(14)11(8(3)4)13(10)16;1-7(2)10-11-8(3,4)9(5,6)12-10;8-4-1-3(2-11)6(10)5(9)7(4)12;8-7-3-6(10)2-1-5(7)4-9/h2*5,7-8H,16H2,1-4H3;5H,1,3,16H2,2,4H3;1H2,2-6H3;1H,12H2;1-3H,10H2. The van der Waals surface area contributed by atoms with Crippen molar-refractivity contribution in [1.29, 1.82) is 26.3 Å². The van der Waals surface area contributed by atoms with Crippen molar-refractivity contribution in [1.82, 2.24) is 0 Å². The van der Waals surface area contributed by atoms with Crippen LogP contribution in [0.3, 0.4) is 0 Å². The van der Waals surface area contributed by atoms with E-state index in [9.17, 15) is 22.0 Å². The lowest BCUT2D eigenvalue weighted by Gasteiger charge is -2.32. The van der Waals surface area contributed by atoms with Gasteiger partial charge in [-0.25, -0.2) is 22.0 Å². The van der Waals surface area contributed by atoms with Gasteiger partial charge in [0.25, 0.3) is 0 Å². The fourth-order valence-corrected chi connectivity index (χ4v) is 8.68. The fourth-order valence-electron chi connectivity index (χ4n) is 7.56. The first-order valence-corrected chi connectivity index (χ1v) is 27.0. The molecule has 0 aliphatic carbocycles. The molecule has 0 atom stereocenters. The Hall–Kier alpha value is -7.64. The van der Waals surface area contributed by atoms with Crippen molar-refractivity contribution in [3.8, 4) is 30.3 Å². The summed E-state index contributed by atoms with van der Waals surface area (Å²) in [7, 11) is -0.241. The van der Waals surface area contributed by atoms with E-state index in [-0.39, 0.29) is 91.2 Å². The summed E-state index contributed by atoms with van der Waals surface area (Å²) in [6, 6.07) is 18.8. The number of anilines is 5. The number of hydrogen-bond donors (Lipinski definition) is 5. The lowest BCUT2D eigenvalue weighted by molar-refractivity contribution is 0.00578. The van der Waals surface area contributed by atoms with Gasteiger partial charge in [-0.05, 0) is 169 Å². The van der Waals surface area contributed by atoms with Gasteiger partial charge >= 0.3 is 7.12 Å². The van der Waals surface area contributed by atoms with E-state index in [0.717, 1.165) is 22.7 Å². The molecule has 1 aliphatic heterocycles. The summed E-state index contributed by atoms with van der Waals surface area (Å²) in [5, 5.41) is 43.4. The Balaban J connectivity index is 0.000000496. The maximum absolute atomic E-state index is 13.9. The Bertz CT molecular complexity index is 3330. The Morgan fingerprint density at radius 3 is 1.20 bits per heavy atom. The summed E-state index contributed by atoms with van der Waals surface area (Å²) in [6.07, 6.45) is 0. The lowest BCUT2D eigenvalue weighted by atomic mass is 9.81. The molecule has 0 bridgehead atoms. The van der Waals surface area contributed by atoms with Gasteiger partial charge in [0.2, 0.25) is 0 Å². The third-order valence-corrected chi connectivity index (χ3v) is 14.2. The molecular formula is C62H72BBr2F5N10O2. The molecule has 20 heteroatoms. The molecule has 1 fully saturated rings. The minimum Gasteiger partial charge on any atom is -0.400 e. The molecule has 5 aromatic carbocycles. The van der Waals surface area contributed by atoms with Crippen molar-refractivity contribution in [2.24, 2.45) is 0 Å². The van der Waals surface area contributed by atoms with E-state index in [1.54, 1.807) is 44.2 Å². The molecule has 5 aromatic rings. The second-order valence-electron chi connectivity index (χ2n) is 21.2. The molecule has 1 aliphatic rings. The highest BCUT2D eigenvalue weighted by Crippen LogP contribution is 2.39. The Morgan fingerprint density at radius 2 is 0.890 bits per heavy atom. The van der Waals surface area contributed by atoms with Gasteiger partial charge in [0.05, 0.1) is 49.2 Å². The first kappa shape index (κ1) is 72.4. The average molecular weight is 1250 g/mol. The van der Waals surface area contributed by atoms with Crippen molar-refractivity contribution in [2.45, 2.75) is 139 Å². The number of hydrogen-bond acceptors (Lipinski definition) is 12. The van der Waals surface area contributed by atoms with Gasteiger partial charge in [-0.15, -0.1) is 6.58 Å². The third kappa shape index (κ3) is 18.2. The van der Waals surface area contributed by atoms with E-state index >= 15 is 0 Å². The monoisotopic (exact) mass is 1250 g/mol. The highest BCUT2D eigenvalue weighted by Gasteiger charge is 2.51. The molecular weight excluding hydrogens is 1180 g/mol. The maximum atomic E-state index is 13.9. The quantitative estimate of drug-likeness (QED) is 0.0441. The number of nitrogens with two attached hydrogens (primary N) is 5. The van der Waals surface area contributed by atoms with E-state index < -0.39 is 29.1 Å². The van der Waals surface area contributed by atoms with E-state index in [1.165, 1.54) is 24.3 Å². The maximum Gasteiger partial charge on any atom is 0.489 e. The van der Waals surface area contributed by atoms with Crippen LogP contribution in [0.4, 0.5) is 50.4 Å². The molecule has 0 amide bonds. The summed E-state index contributed by atoms with van der Waals surface area (Å²) >= 11 is 6.04. The Morgan fingerprint density at radius 1 is 0.512 bits per heavy atom. The number of nitriles is 5. The van der Waals surface area contributed by atoms with Crippen LogP contribution in [0.25, 0.3) is 11.1 Å². The molecule has 10 N–H and O–H groups in total. The smallest absolute Gasteiger partial charge is 0.400 e. The minimum absolute atomic E-state index is 0.0224. The number of benzene rings is 5. The number of halogens is 7. The van der Waals surface area contributed by atoms with E-state index in [0.29, 0.717) is 49.4 Å². The minimum atomic E-state index is -0.627. The SMILES string of the molecule is C=C(C)B1OC(C)(C)C(C)(C)O1.C=C(C)c1cc(C#N)c(F)c(C(=C)C)c1N.CC(C)c1cc(C#N)c(F)c(C(C)C)c1N.CC(C)c1cc(C#N)c(F)c(C(C)C)c1N.N#Cc1cc(Br)c(N)c(Br)c1F.N#Cc1ccc(N)cc1F. The topological polar surface area (TPSA) is 268 Å². The molecule has 6 rings (SSSR count). The molecule has 434 valence electrons. The van der Waals surface area contributed by atoms with Crippen molar-refractivity contribution >= 4 is 78.6 Å². The molecule has 1 heterocycles. The zero-order valence-corrected chi connectivity index (χ0v) is 52.3. The molecule has 0 unspecified atom stereocenters. The number of rotatable bonds is 7. The third-order valence-electron chi connectivity index (χ3n) is 12.8. The van der Waals surface area contributed by atoms with Gasteiger partial charge in [0.1, 0.15) is 47.8 Å². The zero-order valence-electron chi connectivity index (χ0n) is 49.1. The van der Waals surface area contributed by atoms with Gasteiger partial charge in [0.15, 0.2) is 11.6 Å². The van der Waals surface area contributed by atoms with Crippen LogP contribution in [0.5, 0.6) is 0 Å². The van der Waals surface area contributed by atoms with Crippen LogP contribution in [0.1, 0.15) is 189 Å². The number of nitrogens with zero attached hydrogens (tertiary/aromatic N) is 5. The summed E-state index contributed by atoms with van der Waals surface area (Å²) in [5.74, 6) is -2.43. The van der Waals surface area contributed by atoms with Gasteiger partial charge in [-0.2, -0.15) is 26.3 Å². The Kier molecular flexibility index (Phi) is 27.3. The molecule has 0 saturated carbocycles. The predicted octanol–water partition coefficient (Wildman–Crippen LogP) is 16.7. The zero-order chi connectivity index (χ0) is 63.8. The second kappa shape index (κ2) is 31.0. The van der Waals surface area contributed by atoms with Crippen LogP contribution in [0.2, 0.25) is 0 Å². The largest absolute Gasteiger partial charge is 0.489 e. The second-order valence-corrected chi connectivity index (χ2v) is 22.9. The Labute approximate surface area is 498 Å². The highest BCUT2D eigenvalue weighted by atomic mass is 79.9. The fraction of sp³-hybridized carbons (Fsp3) is 0.339. The molecule has 1 saturated heterocycles. The summed E-state index contributed by atoms with van der Waals surface area (Å²) in [5.41, 5.74) is 35.5. The number of nitrogen functional groups attached to an aromatic ring is 5. The lowest BCUT2D eigenvalue weighted by Crippen LogP contribution is -2.41. The molecule has 0 radical (unpaired) electrons. The predicted molar refractivity (Wildman–Crippen MR) is 330 cm³/mol. The van der Waals surface area contributed by atoms with Gasteiger partial charge in [-0.1, -0.05) is 74.0 Å². The van der Waals surface area contributed by atoms with E-state index in [1.807, 2.05) is 102 Å². The molecule has 82 heavy (non-hydrogen) atoms. The first-order valence-electron chi connectivity index (χ1n) is 25.4. The van der Waals surface area contributed by atoms with Crippen molar-refractivity contribution in [3.63, 3.8) is 0 Å². The average Bonchev–Trinajstić information content (AvgIpc) is 3.60.